The van der Waals surface area contributed by atoms with Crippen LogP contribution in [0.15, 0.2) is 72.8 Å². The molecule has 0 saturated carbocycles. The number of nitrogens with one attached hydrogen (secondary N) is 1. The van der Waals surface area contributed by atoms with E-state index in [2.05, 4.69) is 17.4 Å². The molecule has 0 saturated heterocycles. The average Bonchev–Trinajstić information content (AvgIpc) is 3.11. The van der Waals surface area contributed by atoms with Gasteiger partial charge in [0.05, 0.1) is 5.69 Å². The second-order valence-corrected chi connectivity index (χ2v) is 6.48. The van der Waals surface area contributed by atoms with Crippen molar-refractivity contribution in [1.29, 1.82) is 0 Å². The molecule has 0 fully saturated rings. The molecule has 1 heterocycles. The minimum Gasteiger partial charge on any atom is -0.444 e. The topological polar surface area (TPSA) is 41.6 Å². The van der Waals surface area contributed by atoms with E-state index >= 15 is 0 Å². The van der Waals surface area contributed by atoms with Crippen molar-refractivity contribution in [2.45, 2.75) is 19.7 Å². The molecule has 0 spiro atoms. The van der Waals surface area contributed by atoms with Crippen molar-refractivity contribution < 1.29 is 13.9 Å². The SMILES string of the molecule is O=C(Nc1ccc(N2Cc3ccccc3C2)c(F)c1)OCc1ccccc1. The monoisotopic (exact) mass is 362 g/mol. The molecule has 3 aromatic rings. The zero-order chi connectivity index (χ0) is 18.6. The molecule has 1 aliphatic heterocycles. The molecule has 1 aliphatic rings. The van der Waals surface area contributed by atoms with Crippen LogP contribution >= 0.6 is 0 Å². The minimum atomic E-state index is -0.611. The van der Waals surface area contributed by atoms with Crippen LogP contribution < -0.4 is 10.2 Å². The number of amides is 1. The van der Waals surface area contributed by atoms with Gasteiger partial charge in [-0.2, -0.15) is 0 Å². The number of nitrogens with zero attached hydrogens (tertiary/aromatic N) is 1. The van der Waals surface area contributed by atoms with E-state index in [9.17, 15) is 9.18 Å². The van der Waals surface area contributed by atoms with Crippen LogP contribution in [-0.2, 0) is 24.4 Å². The maximum Gasteiger partial charge on any atom is 0.411 e. The normalized spacial score (nSPS) is 12.6. The Labute approximate surface area is 157 Å². The Bertz CT molecular complexity index is 935. The fraction of sp³-hybridized carbons (Fsp3) is 0.136. The first-order valence-corrected chi connectivity index (χ1v) is 8.78. The third-order valence-corrected chi connectivity index (χ3v) is 4.59. The highest BCUT2D eigenvalue weighted by atomic mass is 19.1. The fourth-order valence-electron chi connectivity index (χ4n) is 3.22. The molecule has 27 heavy (non-hydrogen) atoms. The molecule has 0 aromatic heterocycles. The Kier molecular flexibility index (Phi) is 4.75. The Morgan fingerprint density at radius 3 is 2.30 bits per heavy atom. The Morgan fingerprint density at radius 2 is 1.63 bits per heavy atom. The summed E-state index contributed by atoms with van der Waals surface area (Å²) < 4.78 is 19.8. The van der Waals surface area contributed by atoms with Gasteiger partial charge in [-0.25, -0.2) is 9.18 Å². The second kappa shape index (κ2) is 7.50. The number of hydrogen-bond acceptors (Lipinski definition) is 3. The summed E-state index contributed by atoms with van der Waals surface area (Å²) in [5.74, 6) is -0.372. The number of carbonyl (C=O) groups excluding carboxylic acids is 1. The van der Waals surface area contributed by atoms with Gasteiger partial charge in [-0.15, -0.1) is 0 Å². The van der Waals surface area contributed by atoms with Gasteiger partial charge < -0.3 is 9.64 Å². The van der Waals surface area contributed by atoms with Crippen LogP contribution in [0, 0.1) is 5.82 Å². The van der Waals surface area contributed by atoms with Crippen LogP contribution in [0.4, 0.5) is 20.6 Å². The van der Waals surface area contributed by atoms with E-state index < -0.39 is 6.09 Å². The highest BCUT2D eigenvalue weighted by Gasteiger charge is 2.21. The van der Waals surface area contributed by atoms with Gasteiger partial charge in [0.15, 0.2) is 0 Å². The summed E-state index contributed by atoms with van der Waals surface area (Å²) in [7, 11) is 0. The van der Waals surface area contributed by atoms with E-state index in [1.165, 1.54) is 17.2 Å². The van der Waals surface area contributed by atoms with Crippen LogP contribution in [0.5, 0.6) is 0 Å². The van der Waals surface area contributed by atoms with Gasteiger partial charge in [0, 0.05) is 18.8 Å². The summed E-state index contributed by atoms with van der Waals surface area (Å²) in [6.45, 7) is 1.53. The number of carbonyl (C=O) groups is 1. The van der Waals surface area contributed by atoms with E-state index in [-0.39, 0.29) is 12.4 Å². The summed E-state index contributed by atoms with van der Waals surface area (Å²) in [4.78, 5) is 13.9. The molecule has 1 amide bonds. The molecule has 0 aliphatic carbocycles. The van der Waals surface area contributed by atoms with Gasteiger partial charge in [-0.3, -0.25) is 5.32 Å². The molecule has 0 atom stereocenters. The number of benzene rings is 3. The number of halogens is 1. The summed E-state index contributed by atoms with van der Waals surface area (Å²) in [6.07, 6.45) is -0.611. The number of fused-ring (bicyclic) bond motifs is 1. The van der Waals surface area contributed by atoms with Crippen LogP contribution in [0.3, 0.4) is 0 Å². The summed E-state index contributed by atoms with van der Waals surface area (Å²) >= 11 is 0. The Morgan fingerprint density at radius 1 is 0.963 bits per heavy atom. The van der Waals surface area contributed by atoms with Gasteiger partial charge in [-0.1, -0.05) is 54.6 Å². The standard InChI is InChI=1S/C22H19FN2O2/c23-20-12-19(24-22(26)27-15-16-6-2-1-3-7-16)10-11-21(20)25-13-17-8-4-5-9-18(17)14-25/h1-12H,13-15H2,(H,24,26). The molecule has 0 radical (unpaired) electrons. The third-order valence-electron chi connectivity index (χ3n) is 4.59. The zero-order valence-electron chi connectivity index (χ0n) is 14.7. The van der Waals surface area contributed by atoms with E-state index in [1.54, 1.807) is 12.1 Å². The smallest absolute Gasteiger partial charge is 0.411 e. The zero-order valence-corrected chi connectivity index (χ0v) is 14.7. The molecule has 4 rings (SSSR count). The van der Waals surface area contributed by atoms with Crippen molar-refractivity contribution in [3.63, 3.8) is 0 Å². The molecular formula is C22H19FN2O2. The van der Waals surface area contributed by atoms with Crippen molar-refractivity contribution in [2.75, 3.05) is 10.2 Å². The molecule has 3 aromatic carbocycles. The van der Waals surface area contributed by atoms with Gasteiger partial charge in [-0.05, 0) is 34.9 Å². The predicted octanol–water partition coefficient (Wildman–Crippen LogP) is 5.09. The Hall–Kier alpha value is -3.34. The molecule has 1 N–H and O–H groups in total. The van der Waals surface area contributed by atoms with Crippen molar-refractivity contribution in [3.05, 3.63) is 95.3 Å². The molecule has 4 nitrogen and oxygen atoms in total. The molecule has 5 heteroatoms. The van der Waals surface area contributed by atoms with Crippen LogP contribution in [-0.4, -0.2) is 6.09 Å². The van der Waals surface area contributed by atoms with Crippen LogP contribution in [0.1, 0.15) is 16.7 Å². The van der Waals surface area contributed by atoms with E-state index in [4.69, 9.17) is 4.74 Å². The lowest BCUT2D eigenvalue weighted by Crippen LogP contribution is -2.17. The largest absolute Gasteiger partial charge is 0.444 e. The summed E-state index contributed by atoms with van der Waals surface area (Å²) in [5, 5.41) is 2.57. The molecule has 0 bridgehead atoms. The van der Waals surface area contributed by atoms with Crippen molar-refractivity contribution >= 4 is 17.5 Å². The predicted molar refractivity (Wildman–Crippen MR) is 103 cm³/mol. The van der Waals surface area contributed by atoms with Gasteiger partial charge in [0.1, 0.15) is 12.4 Å². The summed E-state index contributed by atoms with van der Waals surface area (Å²) in [5.41, 5.74) is 4.20. The first-order valence-electron chi connectivity index (χ1n) is 8.78. The number of anilines is 2. The first kappa shape index (κ1) is 17.1. The number of hydrogen-bond donors (Lipinski definition) is 1. The molecule has 136 valence electrons. The minimum absolute atomic E-state index is 0.166. The van der Waals surface area contributed by atoms with Crippen LogP contribution in [0.25, 0.3) is 0 Å². The first-order chi connectivity index (χ1) is 13.2. The maximum absolute atomic E-state index is 14.6. The lowest BCUT2D eigenvalue weighted by Gasteiger charge is -2.19. The fourth-order valence-corrected chi connectivity index (χ4v) is 3.22. The molecular weight excluding hydrogens is 343 g/mol. The lowest BCUT2D eigenvalue weighted by molar-refractivity contribution is 0.155. The lowest BCUT2D eigenvalue weighted by atomic mass is 10.1. The van der Waals surface area contributed by atoms with Crippen LogP contribution in [0.2, 0.25) is 0 Å². The van der Waals surface area contributed by atoms with Crippen molar-refractivity contribution in [2.24, 2.45) is 0 Å². The van der Waals surface area contributed by atoms with Crippen molar-refractivity contribution in [3.8, 4) is 0 Å². The summed E-state index contributed by atoms with van der Waals surface area (Å²) in [6, 6.07) is 22.2. The van der Waals surface area contributed by atoms with Gasteiger partial charge in [0.25, 0.3) is 0 Å². The van der Waals surface area contributed by atoms with Crippen molar-refractivity contribution in [1.82, 2.24) is 0 Å². The highest BCUT2D eigenvalue weighted by Crippen LogP contribution is 2.31. The van der Waals surface area contributed by atoms with E-state index in [1.807, 2.05) is 47.4 Å². The second-order valence-electron chi connectivity index (χ2n) is 6.48. The molecule has 0 unspecified atom stereocenters. The maximum atomic E-state index is 14.6. The van der Waals surface area contributed by atoms with E-state index in [0.29, 0.717) is 24.5 Å². The number of rotatable bonds is 4. The quantitative estimate of drug-likeness (QED) is 0.702. The Balaban J connectivity index is 1.38. The van der Waals surface area contributed by atoms with E-state index in [0.717, 1.165) is 5.56 Å². The third kappa shape index (κ3) is 3.92. The van der Waals surface area contributed by atoms with Gasteiger partial charge >= 0.3 is 6.09 Å². The average molecular weight is 362 g/mol. The van der Waals surface area contributed by atoms with Gasteiger partial charge in [0.2, 0.25) is 0 Å². The highest BCUT2D eigenvalue weighted by molar-refractivity contribution is 5.85. The number of ether oxygens (including phenoxy) is 1.